The number of nitrogen functional groups attached to an aromatic ring is 1. The molecule has 0 spiro atoms. The number of H-pyrrole nitrogens is 2. The summed E-state index contributed by atoms with van der Waals surface area (Å²) in [6.07, 6.45) is 5.59. The molecule has 9 N–H and O–H groups in total. The van der Waals surface area contributed by atoms with Crippen molar-refractivity contribution >= 4 is 69.1 Å². The molecular weight excluding hydrogens is 1030 g/mol. The molecule has 27 heteroatoms. The zero-order valence-corrected chi connectivity index (χ0v) is 45.3. The quantitative estimate of drug-likeness (QED) is 0.0225. The van der Waals surface area contributed by atoms with Crippen molar-refractivity contribution < 1.29 is 85.6 Å². The van der Waals surface area contributed by atoms with Crippen LogP contribution in [-0.4, -0.2) is 97.2 Å². The summed E-state index contributed by atoms with van der Waals surface area (Å²) in [5.74, 6) is -2.83. The Labute approximate surface area is 452 Å². The number of nitrogens with two attached hydrogens (primary N) is 2. The van der Waals surface area contributed by atoms with Gasteiger partial charge in [0, 0.05) is 54.7 Å². The van der Waals surface area contributed by atoms with E-state index in [-0.39, 0.29) is 65.3 Å². The van der Waals surface area contributed by atoms with E-state index in [4.69, 9.17) is 52.2 Å². The van der Waals surface area contributed by atoms with Gasteiger partial charge in [-0.2, -0.15) is 8.42 Å². The Balaban J connectivity index is 0.000000929. The third kappa shape index (κ3) is 29.5. The van der Waals surface area contributed by atoms with E-state index in [0.717, 1.165) is 34.7 Å². The van der Waals surface area contributed by atoms with Gasteiger partial charge in [-0.3, -0.25) is 43.1 Å². The largest absolute Gasteiger partial charge is 1.00 e. The van der Waals surface area contributed by atoms with Gasteiger partial charge in [0.2, 0.25) is 0 Å². The van der Waals surface area contributed by atoms with Crippen LogP contribution in [-0.2, 0) is 61.1 Å². The van der Waals surface area contributed by atoms with Crippen LogP contribution in [0, 0.1) is 0 Å². The number of carbonyl (C=O) groups excluding carboxylic acids is 4. The number of hydrogen-bond acceptors (Lipinski definition) is 16. The fourth-order valence-electron chi connectivity index (χ4n) is 5.05. The zero-order chi connectivity index (χ0) is 54.4. The second kappa shape index (κ2) is 35.5. The van der Waals surface area contributed by atoms with Crippen LogP contribution in [0.2, 0.25) is 10.0 Å². The number of nitrogens with one attached hydrogen (secondary N) is 3. The van der Waals surface area contributed by atoms with Crippen molar-refractivity contribution in [3.8, 4) is 0 Å². The molecule has 23 nitrogen and oxygen atoms in total. The Morgan fingerprint density at radius 1 is 0.726 bits per heavy atom. The van der Waals surface area contributed by atoms with Gasteiger partial charge in [0.05, 0.1) is 19.8 Å². The Kier molecular flexibility index (Phi) is 32.3. The number of halogens is 2. The average molecular weight is 1080 g/mol. The molecule has 6 rings (SSSR count). The van der Waals surface area contributed by atoms with E-state index in [2.05, 4.69) is 39.7 Å². The first kappa shape index (κ1) is 66.4. The number of benzene rings is 2. The fourth-order valence-corrected chi connectivity index (χ4v) is 5.48. The molecule has 0 atom stereocenters. The summed E-state index contributed by atoms with van der Waals surface area (Å²) in [5, 5.41) is 20.1. The first-order chi connectivity index (χ1) is 33.9. The summed E-state index contributed by atoms with van der Waals surface area (Å²) < 4.78 is 47.5. The molecule has 0 fully saturated rings. The molecule has 1 amide bonds. The van der Waals surface area contributed by atoms with Gasteiger partial charge in [-0.05, 0) is 105 Å². The van der Waals surface area contributed by atoms with E-state index in [1.807, 2.05) is 67.6 Å². The first-order valence-corrected chi connectivity index (χ1v) is 23.4. The van der Waals surface area contributed by atoms with Crippen LogP contribution in [0.1, 0.15) is 70.9 Å². The van der Waals surface area contributed by atoms with Crippen molar-refractivity contribution in [3.05, 3.63) is 174 Å². The number of ether oxygens (including phenoxy) is 3. The molecule has 0 aliphatic rings. The van der Waals surface area contributed by atoms with E-state index in [1.165, 1.54) is 34.1 Å². The van der Waals surface area contributed by atoms with Crippen molar-refractivity contribution in [2.24, 2.45) is 19.8 Å². The van der Waals surface area contributed by atoms with Gasteiger partial charge < -0.3 is 36.1 Å². The maximum Gasteiger partial charge on any atom is 1.00 e. The minimum absolute atomic E-state index is 0. The van der Waals surface area contributed by atoms with E-state index in [9.17, 15) is 33.9 Å². The molecule has 73 heavy (non-hydrogen) atoms. The third-order valence-corrected chi connectivity index (χ3v) is 8.50. The van der Waals surface area contributed by atoms with Gasteiger partial charge in [-0.15, -0.1) is 0 Å². The van der Waals surface area contributed by atoms with Gasteiger partial charge in [-0.25, -0.2) is 24.4 Å². The number of hydrogen-bond donors (Lipinski definition) is 7. The summed E-state index contributed by atoms with van der Waals surface area (Å²) in [5.41, 5.74) is 14.6. The Hall–Kier alpha value is -6.61. The fraction of sp³-hybridized carbons (Fsp3) is 0.261. The van der Waals surface area contributed by atoms with Gasteiger partial charge in [0.1, 0.15) is 23.0 Å². The normalized spacial score (nSPS) is 10.2. The molecule has 0 bridgehead atoms. The number of aryl methyl sites for hydroxylation is 2. The van der Waals surface area contributed by atoms with Crippen LogP contribution < -0.4 is 62.6 Å². The number of rotatable bonds is 12. The Bertz CT molecular complexity index is 2900. The molecule has 4 heterocycles. The summed E-state index contributed by atoms with van der Waals surface area (Å²) in [7, 11) is -1.59. The Morgan fingerprint density at radius 3 is 1.56 bits per heavy atom. The molecule has 2 aromatic carbocycles. The standard InChI is InChI=1S/C17H15ClN4O2.C12H11ClN2.C8H12O5.C7H10N2O3.C2H7N.Na.H2O4S/c1-22-16(23)9-14(21-22)17(24)20-15-6-5-12(10-19-15)7-11-3-2-4-13(18)8-11;13-11-3-1-2-9(7-11)6-10-4-5-12(14)15-8-10;1-3-12-7(10)5-6(9)8(11)13-4-2;1-3-12-7(11)5-4-6(10)9(2)8-5;1-2-3;;1-5(2,3)4/h2-6,8-10,21H,7H2,1H3,(H,19,20,24);1-5,7-8H,6H2,(H2,14,15);5,9H,3-4H2,1-2H3;4,8H,3H2,1-2H3;2-3H2,1H3;;(H2,1,2,3,4)/q;;;;;+1;/p-1/b;;6-5-;;;;. The second-order valence-corrected chi connectivity index (χ2v) is 15.7. The second-order valence-electron chi connectivity index (χ2n) is 13.9. The number of pyridine rings is 2. The minimum Gasteiger partial charge on any atom is -0.867 e. The number of carbonyl (C=O) groups is 4. The van der Waals surface area contributed by atoms with E-state index < -0.39 is 40.0 Å². The van der Waals surface area contributed by atoms with Crippen LogP contribution in [0.5, 0.6) is 0 Å². The minimum atomic E-state index is -4.67. The van der Waals surface area contributed by atoms with Gasteiger partial charge in [0.15, 0.2) is 0 Å². The summed E-state index contributed by atoms with van der Waals surface area (Å²) in [4.78, 5) is 74.9. The molecule has 0 saturated heterocycles. The van der Waals surface area contributed by atoms with Crippen LogP contribution in [0.4, 0.5) is 11.6 Å². The third-order valence-electron chi connectivity index (χ3n) is 8.03. The van der Waals surface area contributed by atoms with E-state index >= 15 is 0 Å². The van der Waals surface area contributed by atoms with Crippen LogP contribution >= 0.6 is 23.2 Å². The predicted octanol–water partition coefficient (Wildman–Crippen LogP) is 1.08. The smallest absolute Gasteiger partial charge is 0.867 e. The summed E-state index contributed by atoms with van der Waals surface area (Å²) in [6, 6.07) is 25.3. The number of aromatic nitrogens is 6. The molecule has 0 aliphatic heterocycles. The zero-order valence-electron chi connectivity index (χ0n) is 41.0. The van der Waals surface area contributed by atoms with Crippen molar-refractivity contribution in [1.29, 1.82) is 0 Å². The van der Waals surface area contributed by atoms with E-state index in [1.54, 1.807) is 52.3 Å². The van der Waals surface area contributed by atoms with E-state index in [0.29, 0.717) is 35.8 Å². The van der Waals surface area contributed by atoms with Crippen LogP contribution in [0.3, 0.4) is 0 Å². The molecule has 0 unspecified atom stereocenters. The average Bonchev–Trinajstić information content (AvgIpc) is 3.84. The van der Waals surface area contributed by atoms with Crippen molar-refractivity contribution in [3.63, 3.8) is 0 Å². The first-order valence-electron chi connectivity index (χ1n) is 21.2. The number of anilines is 2. The molecule has 0 aliphatic carbocycles. The van der Waals surface area contributed by atoms with Gasteiger partial charge in [-0.1, -0.05) is 66.5 Å². The maximum absolute atomic E-state index is 12.0. The molecular formula is C46H56Cl2N9NaO14S. The maximum atomic E-state index is 12.0. The van der Waals surface area contributed by atoms with Gasteiger partial charge in [0.25, 0.3) is 17.0 Å². The molecule has 0 radical (unpaired) electrons. The topological polar surface area (TPSA) is 359 Å². The molecule has 390 valence electrons. The number of nitrogens with zero attached hydrogens (tertiary/aromatic N) is 4. The van der Waals surface area contributed by atoms with Crippen LogP contribution in [0.25, 0.3) is 0 Å². The number of esters is 3. The molecule has 4 aromatic heterocycles. The monoisotopic (exact) mass is 1080 g/mol. The van der Waals surface area contributed by atoms with Crippen molar-refractivity contribution in [2.45, 2.75) is 40.5 Å². The SMILES string of the molecule is CCN.CCOC(=O)/C=C(\[O-])C(=O)OCC.CCOC(=O)c1cc(=O)n(C)[nH]1.Cn1[nH]c(C(=O)Nc2ccc(Cc3cccc(Cl)c3)cn2)cc1=O.Nc1ccc(Cc2cccc(Cl)c2)cn1.O=S(=O)(O)O.[Na+]. The van der Waals surface area contributed by atoms with Crippen LogP contribution in [0.15, 0.2) is 119 Å². The van der Waals surface area contributed by atoms with Gasteiger partial charge >= 0.3 is 57.9 Å². The summed E-state index contributed by atoms with van der Waals surface area (Å²) in [6.45, 7) is 8.08. The predicted molar refractivity (Wildman–Crippen MR) is 268 cm³/mol. The Morgan fingerprint density at radius 2 is 1.18 bits per heavy atom. The van der Waals surface area contributed by atoms with Crippen molar-refractivity contribution in [2.75, 3.05) is 37.4 Å². The molecule has 0 saturated carbocycles. The molecule has 6 aromatic rings. The van der Waals surface area contributed by atoms with Crippen molar-refractivity contribution in [1.82, 2.24) is 29.5 Å². The number of aromatic amines is 2. The summed E-state index contributed by atoms with van der Waals surface area (Å²) >= 11 is 11.9. The number of amides is 1.